The second-order valence-corrected chi connectivity index (χ2v) is 6.48. The van der Waals surface area contributed by atoms with Crippen LogP contribution in [-0.2, 0) is 13.0 Å². The first kappa shape index (κ1) is 14.4. The van der Waals surface area contributed by atoms with Crippen molar-refractivity contribution in [2.24, 2.45) is 0 Å². The zero-order chi connectivity index (χ0) is 14.5. The minimum Gasteiger partial charge on any atom is -0.304 e. The summed E-state index contributed by atoms with van der Waals surface area (Å²) in [5.41, 5.74) is 2.24. The van der Waals surface area contributed by atoms with E-state index in [4.69, 9.17) is 0 Å². The summed E-state index contributed by atoms with van der Waals surface area (Å²) in [5.74, 6) is -0.196. The Hall–Kier alpha value is -1.56. The average Bonchev–Trinajstić information content (AvgIpc) is 3.16. The van der Waals surface area contributed by atoms with Gasteiger partial charge in [-0.1, -0.05) is 12.1 Å². The summed E-state index contributed by atoms with van der Waals surface area (Å²) in [7, 11) is 0. The standard InChI is InChI=1S/C16H15FN2S2/c17-14-3-1-2-12(8-14)10-19-15(16-18-5-7-21-16)9-13-4-6-20-11-13/h1-8,11,15,19H,9-10H2. The molecule has 1 aromatic carbocycles. The van der Waals surface area contributed by atoms with Gasteiger partial charge in [0, 0.05) is 18.1 Å². The summed E-state index contributed by atoms with van der Waals surface area (Å²) < 4.78 is 13.2. The van der Waals surface area contributed by atoms with Crippen LogP contribution in [0.2, 0.25) is 0 Å². The third kappa shape index (κ3) is 3.97. The summed E-state index contributed by atoms with van der Waals surface area (Å²) >= 11 is 3.35. The lowest BCUT2D eigenvalue weighted by molar-refractivity contribution is 0.526. The van der Waals surface area contributed by atoms with Gasteiger partial charge in [-0.25, -0.2) is 9.37 Å². The van der Waals surface area contributed by atoms with Gasteiger partial charge >= 0.3 is 0 Å². The molecule has 1 atom stereocenters. The van der Waals surface area contributed by atoms with Gasteiger partial charge in [-0.05, 0) is 46.5 Å². The summed E-state index contributed by atoms with van der Waals surface area (Å²) in [6.07, 6.45) is 2.72. The van der Waals surface area contributed by atoms with Crippen LogP contribution in [0.3, 0.4) is 0 Å². The molecule has 1 unspecified atom stereocenters. The summed E-state index contributed by atoms with van der Waals surface area (Å²) in [5, 5.41) is 10.8. The first-order chi connectivity index (χ1) is 10.3. The fraction of sp³-hybridized carbons (Fsp3) is 0.188. The molecule has 0 amide bonds. The Bertz CT molecular complexity index is 665. The minimum atomic E-state index is -0.196. The highest BCUT2D eigenvalue weighted by atomic mass is 32.1. The second kappa shape index (κ2) is 6.93. The average molecular weight is 318 g/mol. The molecule has 0 aliphatic rings. The predicted molar refractivity (Wildman–Crippen MR) is 86.1 cm³/mol. The molecule has 108 valence electrons. The molecule has 0 saturated carbocycles. The first-order valence-electron chi connectivity index (χ1n) is 6.69. The molecule has 0 radical (unpaired) electrons. The van der Waals surface area contributed by atoms with Gasteiger partial charge in [-0.15, -0.1) is 11.3 Å². The van der Waals surface area contributed by atoms with Crippen LogP contribution in [0.5, 0.6) is 0 Å². The zero-order valence-corrected chi connectivity index (χ0v) is 13.0. The monoisotopic (exact) mass is 318 g/mol. The molecular weight excluding hydrogens is 303 g/mol. The van der Waals surface area contributed by atoms with E-state index in [0.717, 1.165) is 17.0 Å². The lowest BCUT2D eigenvalue weighted by Crippen LogP contribution is -2.22. The van der Waals surface area contributed by atoms with E-state index in [-0.39, 0.29) is 11.9 Å². The highest BCUT2D eigenvalue weighted by molar-refractivity contribution is 7.09. The van der Waals surface area contributed by atoms with Crippen LogP contribution in [0.25, 0.3) is 0 Å². The van der Waals surface area contributed by atoms with Crippen LogP contribution in [0, 0.1) is 5.82 Å². The minimum absolute atomic E-state index is 0.155. The summed E-state index contributed by atoms with van der Waals surface area (Å²) in [4.78, 5) is 4.41. The van der Waals surface area contributed by atoms with Gasteiger partial charge in [0.25, 0.3) is 0 Å². The quantitative estimate of drug-likeness (QED) is 0.728. The number of halogens is 1. The molecule has 2 heterocycles. The molecule has 3 rings (SSSR count). The van der Waals surface area contributed by atoms with Crippen LogP contribution < -0.4 is 5.32 Å². The van der Waals surface area contributed by atoms with Gasteiger partial charge in [-0.2, -0.15) is 11.3 Å². The summed E-state index contributed by atoms with van der Waals surface area (Å²) in [6.45, 7) is 0.631. The van der Waals surface area contributed by atoms with E-state index in [2.05, 4.69) is 27.1 Å². The number of rotatable bonds is 6. The normalized spacial score (nSPS) is 12.4. The van der Waals surface area contributed by atoms with E-state index >= 15 is 0 Å². The largest absolute Gasteiger partial charge is 0.304 e. The van der Waals surface area contributed by atoms with Gasteiger partial charge in [0.05, 0.1) is 6.04 Å². The van der Waals surface area contributed by atoms with Gasteiger partial charge in [0.2, 0.25) is 0 Å². The molecule has 3 aromatic rings. The molecule has 0 saturated heterocycles. The third-order valence-corrected chi connectivity index (χ3v) is 4.83. The van der Waals surface area contributed by atoms with Crippen molar-refractivity contribution in [2.45, 2.75) is 19.0 Å². The van der Waals surface area contributed by atoms with Crippen molar-refractivity contribution in [3.63, 3.8) is 0 Å². The third-order valence-electron chi connectivity index (χ3n) is 3.21. The smallest absolute Gasteiger partial charge is 0.123 e. The fourth-order valence-electron chi connectivity index (χ4n) is 2.19. The molecular formula is C16H15FN2S2. The van der Waals surface area contributed by atoms with Crippen LogP contribution >= 0.6 is 22.7 Å². The molecule has 2 aromatic heterocycles. The van der Waals surface area contributed by atoms with E-state index in [1.54, 1.807) is 34.8 Å². The van der Waals surface area contributed by atoms with Gasteiger partial charge in [-0.3, -0.25) is 0 Å². The lowest BCUT2D eigenvalue weighted by atomic mass is 10.1. The maximum absolute atomic E-state index is 13.2. The maximum Gasteiger partial charge on any atom is 0.123 e. The van der Waals surface area contributed by atoms with Crippen LogP contribution in [-0.4, -0.2) is 4.98 Å². The van der Waals surface area contributed by atoms with Gasteiger partial charge in [0.15, 0.2) is 0 Å². The SMILES string of the molecule is Fc1cccc(CNC(Cc2ccsc2)c2nccs2)c1. The fourth-order valence-corrected chi connectivity index (χ4v) is 3.58. The lowest BCUT2D eigenvalue weighted by Gasteiger charge is -2.16. The van der Waals surface area contributed by atoms with Crippen molar-refractivity contribution < 1.29 is 4.39 Å². The molecule has 0 aliphatic heterocycles. The molecule has 21 heavy (non-hydrogen) atoms. The van der Waals surface area contributed by atoms with E-state index in [0.29, 0.717) is 6.54 Å². The predicted octanol–water partition coefficient (Wildman–Crippen LogP) is 4.42. The Morgan fingerprint density at radius 2 is 2.14 bits per heavy atom. The number of nitrogens with zero attached hydrogens (tertiary/aromatic N) is 1. The maximum atomic E-state index is 13.2. The number of benzene rings is 1. The van der Waals surface area contributed by atoms with E-state index in [9.17, 15) is 4.39 Å². The number of hydrogen-bond donors (Lipinski definition) is 1. The van der Waals surface area contributed by atoms with Crippen LogP contribution in [0.1, 0.15) is 22.2 Å². The van der Waals surface area contributed by atoms with Crippen molar-refractivity contribution in [1.82, 2.24) is 10.3 Å². The number of thiophene rings is 1. The number of nitrogens with one attached hydrogen (secondary N) is 1. The molecule has 0 spiro atoms. The Morgan fingerprint density at radius 3 is 2.86 bits per heavy atom. The van der Waals surface area contributed by atoms with E-state index < -0.39 is 0 Å². The number of hydrogen-bond acceptors (Lipinski definition) is 4. The Balaban J connectivity index is 1.70. The van der Waals surface area contributed by atoms with Crippen molar-refractivity contribution in [1.29, 1.82) is 0 Å². The molecule has 5 heteroatoms. The van der Waals surface area contributed by atoms with Crippen molar-refractivity contribution in [2.75, 3.05) is 0 Å². The number of thiazole rings is 1. The Labute approximate surface area is 131 Å². The van der Waals surface area contributed by atoms with E-state index in [1.807, 2.05) is 17.6 Å². The van der Waals surface area contributed by atoms with Crippen molar-refractivity contribution in [3.05, 3.63) is 74.6 Å². The Morgan fingerprint density at radius 1 is 1.19 bits per heavy atom. The van der Waals surface area contributed by atoms with Crippen LogP contribution in [0.4, 0.5) is 4.39 Å². The highest BCUT2D eigenvalue weighted by Crippen LogP contribution is 2.22. The molecule has 1 N–H and O–H groups in total. The van der Waals surface area contributed by atoms with Crippen molar-refractivity contribution >= 4 is 22.7 Å². The van der Waals surface area contributed by atoms with Crippen molar-refractivity contribution in [3.8, 4) is 0 Å². The number of aromatic nitrogens is 1. The molecule has 0 bridgehead atoms. The topological polar surface area (TPSA) is 24.9 Å². The van der Waals surface area contributed by atoms with Gasteiger partial charge < -0.3 is 5.32 Å². The molecule has 0 fully saturated rings. The Kier molecular flexibility index (Phi) is 4.75. The molecule has 2 nitrogen and oxygen atoms in total. The zero-order valence-electron chi connectivity index (χ0n) is 11.3. The second-order valence-electron chi connectivity index (χ2n) is 4.77. The first-order valence-corrected chi connectivity index (χ1v) is 8.52. The van der Waals surface area contributed by atoms with E-state index in [1.165, 1.54) is 11.6 Å². The van der Waals surface area contributed by atoms with Crippen LogP contribution in [0.15, 0.2) is 52.7 Å². The summed E-state index contributed by atoms with van der Waals surface area (Å²) in [6, 6.07) is 8.99. The highest BCUT2D eigenvalue weighted by Gasteiger charge is 2.14. The van der Waals surface area contributed by atoms with Gasteiger partial charge in [0.1, 0.15) is 10.8 Å². The molecule has 0 aliphatic carbocycles.